The maximum atomic E-state index is 14.0. The predicted octanol–water partition coefficient (Wildman–Crippen LogP) is 2.64. The third-order valence-corrected chi connectivity index (χ3v) is 3.56. The van der Waals surface area contributed by atoms with Crippen LogP contribution in [0.2, 0.25) is 0 Å². The van der Waals surface area contributed by atoms with Crippen LogP contribution in [0.5, 0.6) is 5.75 Å². The molecule has 0 aliphatic heterocycles. The normalized spacial score (nSPS) is 10.5. The molecule has 0 unspecified atom stereocenters. The summed E-state index contributed by atoms with van der Waals surface area (Å²) >= 11 is 0. The zero-order valence-corrected chi connectivity index (χ0v) is 13.2. The first-order valence-electron chi connectivity index (χ1n) is 7.42. The molecular formula is C18H14FN3O3. The van der Waals surface area contributed by atoms with Gasteiger partial charge in [-0.2, -0.15) is 5.10 Å². The van der Waals surface area contributed by atoms with E-state index in [-0.39, 0.29) is 17.1 Å². The zero-order valence-electron chi connectivity index (χ0n) is 13.2. The average Bonchev–Trinajstić information content (AvgIpc) is 2.58. The minimum absolute atomic E-state index is 0.122. The molecule has 126 valence electrons. The molecule has 3 rings (SSSR count). The topological polar surface area (TPSA) is 84.2 Å². The molecule has 0 saturated carbocycles. The molecule has 0 radical (unpaired) electrons. The van der Waals surface area contributed by atoms with Gasteiger partial charge in [0.05, 0.1) is 5.69 Å². The number of phenolic OH excluding ortho intramolecular Hbond substituents is 1. The first kappa shape index (κ1) is 16.4. The van der Waals surface area contributed by atoms with Gasteiger partial charge in [0, 0.05) is 11.8 Å². The van der Waals surface area contributed by atoms with Crippen molar-refractivity contribution in [3.8, 4) is 11.4 Å². The van der Waals surface area contributed by atoms with Gasteiger partial charge in [-0.25, -0.2) is 9.07 Å². The van der Waals surface area contributed by atoms with Gasteiger partial charge in [0.2, 0.25) is 5.43 Å². The number of hydrogen-bond acceptors (Lipinski definition) is 4. The summed E-state index contributed by atoms with van der Waals surface area (Å²) in [5, 5.41) is 16.1. The van der Waals surface area contributed by atoms with Crippen LogP contribution in [-0.2, 0) is 0 Å². The fourth-order valence-corrected chi connectivity index (χ4v) is 2.33. The van der Waals surface area contributed by atoms with Gasteiger partial charge < -0.3 is 10.4 Å². The minimum Gasteiger partial charge on any atom is -0.506 e. The van der Waals surface area contributed by atoms with Crippen molar-refractivity contribution >= 4 is 11.6 Å². The van der Waals surface area contributed by atoms with E-state index in [4.69, 9.17) is 0 Å². The van der Waals surface area contributed by atoms with Gasteiger partial charge >= 0.3 is 0 Å². The van der Waals surface area contributed by atoms with Crippen LogP contribution in [0, 0.1) is 12.7 Å². The number of benzene rings is 2. The molecule has 0 saturated heterocycles. The Morgan fingerprint density at radius 1 is 1.16 bits per heavy atom. The number of anilines is 1. The highest BCUT2D eigenvalue weighted by atomic mass is 19.1. The fraction of sp³-hybridized carbons (Fsp3) is 0.0556. The van der Waals surface area contributed by atoms with E-state index < -0.39 is 22.8 Å². The Kier molecular flexibility index (Phi) is 4.30. The Morgan fingerprint density at radius 2 is 1.84 bits per heavy atom. The standard InChI is InChI=1S/C18H14FN3O3/c1-11-10-16(24)17(18(25)20-13-7-3-5-9-15(13)23)21-22(11)14-8-4-2-6-12(14)19/h2-10,23H,1H3,(H,20,25). The molecule has 2 aromatic carbocycles. The number of hydrogen-bond donors (Lipinski definition) is 2. The van der Waals surface area contributed by atoms with Gasteiger partial charge in [0.1, 0.15) is 17.3 Å². The summed E-state index contributed by atoms with van der Waals surface area (Å²) in [5.41, 5.74) is -0.354. The molecule has 2 N–H and O–H groups in total. The minimum atomic E-state index is -0.795. The van der Waals surface area contributed by atoms with Crippen molar-refractivity contribution in [2.24, 2.45) is 0 Å². The SMILES string of the molecule is Cc1cc(=O)c(C(=O)Nc2ccccc2O)nn1-c1ccccc1F. The molecule has 25 heavy (non-hydrogen) atoms. The number of carbonyl (C=O) groups is 1. The van der Waals surface area contributed by atoms with Gasteiger partial charge in [-0.1, -0.05) is 24.3 Å². The zero-order chi connectivity index (χ0) is 18.0. The summed E-state index contributed by atoms with van der Waals surface area (Å²) in [6, 6.07) is 13.2. The van der Waals surface area contributed by atoms with Crippen molar-refractivity contribution in [1.82, 2.24) is 9.78 Å². The van der Waals surface area contributed by atoms with Crippen LogP contribution < -0.4 is 10.7 Å². The number of aromatic hydroxyl groups is 1. The summed E-state index contributed by atoms with van der Waals surface area (Å²) in [7, 11) is 0. The number of nitrogens with one attached hydrogen (secondary N) is 1. The maximum absolute atomic E-state index is 14.0. The van der Waals surface area contributed by atoms with Crippen molar-refractivity contribution in [1.29, 1.82) is 0 Å². The monoisotopic (exact) mass is 339 g/mol. The molecule has 1 heterocycles. The van der Waals surface area contributed by atoms with Gasteiger partial charge in [-0.05, 0) is 31.2 Å². The van der Waals surface area contributed by atoms with E-state index in [1.54, 1.807) is 25.1 Å². The number of amides is 1. The molecule has 7 heteroatoms. The van der Waals surface area contributed by atoms with E-state index >= 15 is 0 Å². The lowest BCUT2D eigenvalue weighted by molar-refractivity contribution is 0.101. The van der Waals surface area contributed by atoms with Crippen molar-refractivity contribution in [2.75, 3.05) is 5.32 Å². The molecule has 0 spiro atoms. The number of rotatable bonds is 3. The van der Waals surface area contributed by atoms with Crippen LogP contribution >= 0.6 is 0 Å². The molecule has 0 atom stereocenters. The summed E-state index contributed by atoms with van der Waals surface area (Å²) in [4.78, 5) is 24.5. The number of carbonyl (C=O) groups excluding carboxylic acids is 1. The third kappa shape index (κ3) is 3.25. The number of halogens is 1. The largest absolute Gasteiger partial charge is 0.506 e. The van der Waals surface area contributed by atoms with E-state index in [1.807, 2.05) is 0 Å². The second kappa shape index (κ2) is 6.56. The molecule has 6 nitrogen and oxygen atoms in total. The lowest BCUT2D eigenvalue weighted by Crippen LogP contribution is -2.27. The van der Waals surface area contributed by atoms with Crippen molar-refractivity contribution in [2.45, 2.75) is 6.92 Å². The van der Waals surface area contributed by atoms with E-state index in [2.05, 4.69) is 10.4 Å². The lowest BCUT2D eigenvalue weighted by Gasteiger charge is -2.12. The molecule has 0 aliphatic carbocycles. The van der Waals surface area contributed by atoms with Gasteiger partial charge in [0.15, 0.2) is 5.69 Å². The Morgan fingerprint density at radius 3 is 2.56 bits per heavy atom. The Hall–Kier alpha value is -3.48. The predicted molar refractivity (Wildman–Crippen MR) is 90.6 cm³/mol. The second-order valence-electron chi connectivity index (χ2n) is 5.33. The van der Waals surface area contributed by atoms with Crippen LogP contribution in [0.3, 0.4) is 0 Å². The molecule has 0 bridgehead atoms. The maximum Gasteiger partial charge on any atom is 0.280 e. The molecular weight excluding hydrogens is 325 g/mol. The van der Waals surface area contributed by atoms with E-state index in [9.17, 15) is 19.1 Å². The van der Waals surface area contributed by atoms with Crippen LogP contribution in [0.15, 0.2) is 59.4 Å². The van der Waals surface area contributed by atoms with Gasteiger partial charge in [-0.15, -0.1) is 0 Å². The molecule has 0 fully saturated rings. The number of phenols is 1. The lowest BCUT2D eigenvalue weighted by atomic mass is 10.2. The Balaban J connectivity index is 2.04. The number of aromatic nitrogens is 2. The molecule has 3 aromatic rings. The summed E-state index contributed by atoms with van der Waals surface area (Å²) < 4.78 is 15.2. The van der Waals surface area contributed by atoms with E-state index in [1.165, 1.54) is 41.1 Å². The fourth-order valence-electron chi connectivity index (χ4n) is 2.33. The molecule has 1 amide bonds. The van der Waals surface area contributed by atoms with Crippen LogP contribution in [0.25, 0.3) is 5.69 Å². The van der Waals surface area contributed by atoms with E-state index in [0.717, 1.165) is 0 Å². The quantitative estimate of drug-likeness (QED) is 0.719. The van der Waals surface area contributed by atoms with Gasteiger partial charge in [-0.3, -0.25) is 9.59 Å². The highest BCUT2D eigenvalue weighted by molar-refractivity contribution is 6.03. The molecule has 1 aromatic heterocycles. The van der Waals surface area contributed by atoms with Gasteiger partial charge in [0.25, 0.3) is 5.91 Å². The van der Waals surface area contributed by atoms with Crippen molar-refractivity contribution in [3.05, 3.63) is 82.0 Å². The Labute approximate surface area is 142 Å². The summed E-state index contributed by atoms with van der Waals surface area (Å²) in [6.07, 6.45) is 0. The number of nitrogens with zero attached hydrogens (tertiary/aromatic N) is 2. The van der Waals surface area contributed by atoms with Crippen molar-refractivity contribution < 1.29 is 14.3 Å². The average molecular weight is 339 g/mol. The molecule has 0 aliphatic rings. The number of para-hydroxylation sites is 3. The highest BCUT2D eigenvalue weighted by Gasteiger charge is 2.17. The third-order valence-electron chi connectivity index (χ3n) is 3.56. The first-order chi connectivity index (χ1) is 12.0. The smallest absolute Gasteiger partial charge is 0.280 e. The highest BCUT2D eigenvalue weighted by Crippen LogP contribution is 2.21. The summed E-state index contributed by atoms with van der Waals surface area (Å²) in [5.74, 6) is -1.47. The van der Waals surface area contributed by atoms with Crippen LogP contribution in [0.1, 0.15) is 16.2 Å². The first-order valence-corrected chi connectivity index (χ1v) is 7.42. The number of aryl methyl sites for hydroxylation is 1. The Bertz CT molecular complexity index is 1010. The van der Waals surface area contributed by atoms with E-state index in [0.29, 0.717) is 5.69 Å². The van der Waals surface area contributed by atoms with Crippen LogP contribution in [-0.4, -0.2) is 20.8 Å². The van der Waals surface area contributed by atoms with Crippen LogP contribution in [0.4, 0.5) is 10.1 Å². The second-order valence-corrected chi connectivity index (χ2v) is 5.33. The summed E-state index contributed by atoms with van der Waals surface area (Å²) in [6.45, 7) is 1.59. The van der Waals surface area contributed by atoms with Crippen molar-refractivity contribution in [3.63, 3.8) is 0 Å².